The number of likely N-dealkylation sites (N-methyl/N-ethyl adjacent to an activating group) is 2. The lowest BCUT2D eigenvalue weighted by atomic mass is 9.76. The maximum atomic E-state index is 14.1. The molecule has 448 valence electrons. The molecule has 4 aromatic rings. The number of carboxylic acid groups (broad SMARTS) is 2. The Bertz CT molecular complexity index is 3150. The van der Waals surface area contributed by atoms with Gasteiger partial charge in [-0.15, -0.1) is 0 Å². The Morgan fingerprint density at radius 2 is 1.29 bits per heavy atom. The molecular weight excluding hydrogens is 1070 g/mol. The highest BCUT2D eigenvalue weighted by Crippen LogP contribution is 2.31. The van der Waals surface area contributed by atoms with Crippen molar-refractivity contribution in [3.8, 4) is 11.8 Å². The van der Waals surface area contributed by atoms with Gasteiger partial charge in [-0.05, 0) is 96.8 Å². The van der Waals surface area contributed by atoms with E-state index in [1.165, 1.54) is 11.8 Å². The Balaban J connectivity index is 1.14. The second-order valence-corrected chi connectivity index (χ2v) is 23.2. The maximum absolute atomic E-state index is 14.1. The number of nitrogens with zero attached hydrogens (tertiary/aromatic N) is 2. The molecule has 0 bridgehead atoms. The summed E-state index contributed by atoms with van der Waals surface area (Å²) in [5.74, 6) is 0.341. The zero-order valence-electron chi connectivity index (χ0n) is 50.0. The molecule has 7 amide bonds. The number of carbonyl (C=O) groups is 9. The number of aliphatic carboxylic acids is 2. The minimum atomic E-state index is -1.32. The number of hydrogen-bond acceptors (Lipinski definition) is 11. The first kappa shape index (κ1) is 66.0. The summed E-state index contributed by atoms with van der Waals surface area (Å²) in [6, 6.07) is 23.2. The van der Waals surface area contributed by atoms with Gasteiger partial charge < -0.3 is 51.3 Å². The summed E-state index contributed by atoms with van der Waals surface area (Å²) in [6.45, 7) is 18.0. The van der Waals surface area contributed by atoms with Gasteiger partial charge in [0.2, 0.25) is 35.4 Å². The molecular formula is C64H80N8O12. The van der Waals surface area contributed by atoms with E-state index in [9.17, 15) is 53.4 Å². The number of carbonyl (C=O) groups excluding carboxylic acids is 7. The molecule has 0 fully saturated rings. The van der Waals surface area contributed by atoms with E-state index >= 15 is 0 Å². The lowest BCUT2D eigenvalue weighted by Gasteiger charge is -2.40. The topological polar surface area (TPSA) is 282 Å². The molecule has 0 radical (unpaired) electrons. The SMILES string of the molecule is CNC(C(=O)N[C@H](C(=O)N(C)[C@H](/C=C(\C)C(=O)O)C(C)C)C(C)(C)C)C(C)(C)c1ccc(NC(=O)OCc2ccc(NC(=O)[C@H](CCC(=O)O)NC(=O)[C@@H](NC(=O)CCC(=O)N3Cc4ccccc4C#Cc4ccccc43)C(C)C)cc2)cc1. The molecule has 0 saturated carbocycles. The van der Waals surface area contributed by atoms with E-state index in [0.717, 1.165) is 16.7 Å². The van der Waals surface area contributed by atoms with Crippen LogP contribution in [-0.4, -0.2) is 113 Å². The highest BCUT2D eigenvalue weighted by molar-refractivity contribution is 6.00. The van der Waals surface area contributed by atoms with Gasteiger partial charge in [-0.3, -0.25) is 38.9 Å². The number of fused-ring (bicyclic) bond motifs is 2. The van der Waals surface area contributed by atoms with Crippen LogP contribution in [0, 0.1) is 29.1 Å². The molecule has 5 rings (SSSR count). The summed E-state index contributed by atoms with van der Waals surface area (Å²) >= 11 is 0. The van der Waals surface area contributed by atoms with Crippen molar-refractivity contribution in [1.82, 2.24) is 26.2 Å². The van der Waals surface area contributed by atoms with Gasteiger partial charge in [0.05, 0.1) is 24.3 Å². The third kappa shape index (κ3) is 18.1. The normalized spacial score (nSPS) is 14.0. The molecule has 0 aliphatic carbocycles. The highest BCUT2D eigenvalue weighted by Gasteiger charge is 2.42. The fraction of sp³-hybridized carbons (Fsp3) is 0.422. The number of para-hydroxylation sites is 1. The molecule has 20 heteroatoms. The number of rotatable bonds is 25. The van der Waals surface area contributed by atoms with Crippen LogP contribution >= 0.6 is 0 Å². The van der Waals surface area contributed by atoms with E-state index in [1.54, 1.807) is 93.5 Å². The van der Waals surface area contributed by atoms with Gasteiger partial charge >= 0.3 is 18.0 Å². The van der Waals surface area contributed by atoms with Crippen molar-refractivity contribution < 1.29 is 58.1 Å². The standard InChI is InChI=1S/C64H80N8O12/c1-38(2)50(35-40(5)61(81)82)71(12)60(80)56(63(6,7)8)70-59(79)55(65-11)64(9,10)45-25-29-47(30-26-45)67-62(83)84-37-41-21-27-46(28-22-41)66-57(77)48(31-34-53(75)76)68-58(78)54(39(3)4)69-51(73)32-33-52(74)72-36-44-19-14-13-17-42(44)23-24-43-18-15-16-20-49(43)72/h13-22,25-30,35,38-39,48,50,54-56,65H,31-34,36-37H2,1-12H3,(H,66,77)(H,67,83)(H,68,78)(H,69,73)(H,70,79)(H,75,76)(H,81,82)/b40-35+/t48-,50+,54-,55?,56+/m0/s1. The smallest absolute Gasteiger partial charge is 0.411 e. The monoisotopic (exact) mass is 1150 g/mol. The summed E-state index contributed by atoms with van der Waals surface area (Å²) < 4.78 is 5.47. The Morgan fingerprint density at radius 1 is 0.690 bits per heavy atom. The lowest BCUT2D eigenvalue weighted by molar-refractivity contribution is -0.141. The van der Waals surface area contributed by atoms with Crippen molar-refractivity contribution in [3.63, 3.8) is 0 Å². The van der Waals surface area contributed by atoms with E-state index < -0.39 is 95.0 Å². The number of hydrogen-bond donors (Lipinski definition) is 8. The van der Waals surface area contributed by atoms with Crippen LogP contribution in [0.3, 0.4) is 0 Å². The average Bonchev–Trinajstić information content (AvgIpc) is 3.49. The number of benzene rings is 4. The van der Waals surface area contributed by atoms with Crippen molar-refractivity contribution in [2.24, 2.45) is 17.3 Å². The molecule has 84 heavy (non-hydrogen) atoms. The first-order valence-corrected chi connectivity index (χ1v) is 27.9. The van der Waals surface area contributed by atoms with Gasteiger partial charge in [-0.25, -0.2) is 9.59 Å². The second-order valence-electron chi connectivity index (χ2n) is 23.2. The quantitative estimate of drug-likeness (QED) is 0.0236. The first-order chi connectivity index (χ1) is 39.5. The van der Waals surface area contributed by atoms with Gasteiger partial charge in [-0.1, -0.05) is 135 Å². The average molecular weight is 1150 g/mol. The molecule has 0 spiro atoms. The predicted molar refractivity (Wildman–Crippen MR) is 320 cm³/mol. The number of carboxylic acids is 2. The van der Waals surface area contributed by atoms with Crippen molar-refractivity contribution in [2.75, 3.05) is 29.6 Å². The Kier molecular flexibility index (Phi) is 23.1. The summed E-state index contributed by atoms with van der Waals surface area (Å²) in [6.07, 6.45) is -0.350. The van der Waals surface area contributed by atoms with Crippen LogP contribution < -0.4 is 36.8 Å². The van der Waals surface area contributed by atoms with E-state index in [-0.39, 0.29) is 55.7 Å². The molecule has 20 nitrogen and oxygen atoms in total. The molecule has 1 aliphatic rings. The Hall–Kier alpha value is -8.83. The predicted octanol–water partition coefficient (Wildman–Crippen LogP) is 7.50. The zero-order chi connectivity index (χ0) is 62.2. The molecule has 8 N–H and O–H groups in total. The number of ether oxygens (including phenoxy) is 1. The largest absolute Gasteiger partial charge is 0.481 e. The van der Waals surface area contributed by atoms with E-state index in [1.807, 2.05) is 90.9 Å². The number of nitrogens with one attached hydrogen (secondary N) is 6. The van der Waals surface area contributed by atoms with Crippen molar-refractivity contribution >= 4 is 70.5 Å². The summed E-state index contributed by atoms with van der Waals surface area (Å²) in [5.41, 5.74) is 3.47. The minimum Gasteiger partial charge on any atom is -0.481 e. The fourth-order valence-corrected chi connectivity index (χ4v) is 9.63. The Labute approximate surface area is 491 Å². The first-order valence-electron chi connectivity index (χ1n) is 27.9. The maximum Gasteiger partial charge on any atom is 0.411 e. The van der Waals surface area contributed by atoms with Gasteiger partial charge in [0.25, 0.3) is 0 Å². The third-order valence-electron chi connectivity index (χ3n) is 14.7. The molecule has 4 aromatic carbocycles. The zero-order valence-corrected chi connectivity index (χ0v) is 50.0. The van der Waals surface area contributed by atoms with Crippen molar-refractivity contribution in [2.45, 2.75) is 144 Å². The van der Waals surface area contributed by atoms with Gasteiger partial charge in [0, 0.05) is 59.8 Å². The van der Waals surface area contributed by atoms with Crippen LogP contribution in [0.4, 0.5) is 21.9 Å². The Morgan fingerprint density at radius 3 is 1.88 bits per heavy atom. The highest BCUT2D eigenvalue weighted by atomic mass is 16.5. The van der Waals surface area contributed by atoms with Crippen LogP contribution in [0.2, 0.25) is 0 Å². The van der Waals surface area contributed by atoms with Gasteiger partial charge in [-0.2, -0.15) is 0 Å². The van der Waals surface area contributed by atoms with Crippen molar-refractivity contribution in [3.05, 3.63) is 137 Å². The van der Waals surface area contributed by atoms with E-state index in [0.29, 0.717) is 28.2 Å². The summed E-state index contributed by atoms with van der Waals surface area (Å²) in [5, 5.41) is 35.8. The molecule has 1 unspecified atom stereocenters. The third-order valence-corrected chi connectivity index (χ3v) is 14.7. The van der Waals surface area contributed by atoms with Crippen LogP contribution in [0.5, 0.6) is 0 Å². The van der Waals surface area contributed by atoms with Crippen molar-refractivity contribution in [1.29, 1.82) is 0 Å². The lowest BCUT2D eigenvalue weighted by Crippen LogP contribution is -2.61. The molecule has 5 atom stereocenters. The minimum absolute atomic E-state index is 0.103. The van der Waals surface area contributed by atoms with Crippen LogP contribution in [0.15, 0.2) is 109 Å². The number of anilines is 3. The van der Waals surface area contributed by atoms with Crippen LogP contribution in [0.25, 0.3) is 0 Å². The molecule has 1 aliphatic heterocycles. The van der Waals surface area contributed by atoms with Crippen LogP contribution in [-0.2, 0) is 61.7 Å². The molecule has 0 aromatic heterocycles. The second kappa shape index (κ2) is 29.4. The van der Waals surface area contributed by atoms with E-state index in [2.05, 4.69) is 43.7 Å². The summed E-state index contributed by atoms with van der Waals surface area (Å²) in [7, 11) is 3.25. The number of amides is 7. The molecule has 1 heterocycles. The van der Waals surface area contributed by atoms with Gasteiger partial charge in [0.15, 0.2) is 0 Å². The van der Waals surface area contributed by atoms with Crippen LogP contribution in [0.1, 0.15) is 123 Å². The van der Waals surface area contributed by atoms with E-state index in [4.69, 9.17) is 4.74 Å². The molecule has 0 saturated heterocycles. The fourth-order valence-electron chi connectivity index (χ4n) is 9.63. The van der Waals surface area contributed by atoms with Gasteiger partial charge in [0.1, 0.15) is 24.7 Å². The summed E-state index contributed by atoms with van der Waals surface area (Å²) in [4.78, 5) is 122.